The van der Waals surface area contributed by atoms with Crippen molar-refractivity contribution in [2.45, 2.75) is 6.17 Å². The molecular weight excluding hydrogens is 631 g/mol. The minimum absolute atomic E-state index is 0.406. The lowest BCUT2D eigenvalue weighted by Gasteiger charge is -2.25. The van der Waals surface area contributed by atoms with E-state index in [0.29, 0.717) is 5.84 Å². The standard InChI is InChI=1S/C45H29N3OS/c1-4-14-28(15-5-1)39-36(45-47-43(29-16-6-2-7-17-29)46-44(48-45)30-18-8-3-9-19-30)27-26-34-33-23-12-22-32(41(33)49-42(34)39)31-21-13-25-38-40(31)35-20-10-11-24-37(35)50-38/h1-27,45H,(H,46,47,48). The molecule has 0 amide bonds. The maximum Gasteiger partial charge on any atom is 0.159 e. The van der Waals surface area contributed by atoms with Crippen molar-refractivity contribution >= 4 is 65.1 Å². The van der Waals surface area contributed by atoms with Crippen LogP contribution in [0, 0.1) is 0 Å². The van der Waals surface area contributed by atoms with Gasteiger partial charge >= 0.3 is 0 Å². The normalized spacial score (nSPS) is 14.6. The Morgan fingerprint density at radius 2 is 1.12 bits per heavy atom. The molecule has 50 heavy (non-hydrogen) atoms. The molecule has 0 aliphatic carbocycles. The number of hydrogen-bond acceptors (Lipinski definition) is 5. The highest BCUT2D eigenvalue weighted by Gasteiger charge is 2.27. The molecule has 1 aliphatic heterocycles. The van der Waals surface area contributed by atoms with E-state index in [1.807, 2.05) is 47.7 Å². The van der Waals surface area contributed by atoms with Crippen LogP contribution in [0.15, 0.2) is 178 Å². The summed E-state index contributed by atoms with van der Waals surface area (Å²) >= 11 is 1.84. The number of thiophene rings is 1. The van der Waals surface area contributed by atoms with E-state index in [4.69, 9.17) is 14.4 Å². The quantitative estimate of drug-likeness (QED) is 0.200. The van der Waals surface area contributed by atoms with E-state index in [-0.39, 0.29) is 0 Å². The molecule has 7 aromatic carbocycles. The van der Waals surface area contributed by atoms with Crippen molar-refractivity contribution in [3.05, 3.63) is 180 Å². The summed E-state index contributed by atoms with van der Waals surface area (Å²) in [6.45, 7) is 0. The van der Waals surface area contributed by atoms with Crippen molar-refractivity contribution < 1.29 is 4.42 Å². The molecule has 3 heterocycles. The SMILES string of the molecule is c1ccc(C2=NC(c3ccc4c(oc5c(-c6cccc7sc8ccccc8c67)cccc54)c3-c3ccccc3)NC(c3ccccc3)=N2)cc1. The average molecular weight is 660 g/mol. The van der Waals surface area contributed by atoms with E-state index in [9.17, 15) is 0 Å². The van der Waals surface area contributed by atoms with Crippen molar-refractivity contribution in [3.63, 3.8) is 0 Å². The van der Waals surface area contributed by atoms with E-state index in [0.717, 1.165) is 61.2 Å². The van der Waals surface area contributed by atoms with Crippen LogP contribution in [0.5, 0.6) is 0 Å². The van der Waals surface area contributed by atoms with Crippen LogP contribution < -0.4 is 5.32 Å². The first kappa shape index (κ1) is 28.7. The zero-order chi connectivity index (χ0) is 33.0. The van der Waals surface area contributed by atoms with E-state index in [1.165, 1.54) is 25.7 Å². The molecule has 236 valence electrons. The molecule has 0 spiro atoms. The molecule has 2 aromatic heterocycles. The highest BCUT2D eigenvalue weighted by Crippen LogP contribution is 2.46. The van der Waals surface area contributed by atoms with Crippen LogP contribution in [-0.2, 0) is 0 Å². The van der Waals surface area contributed by atoms with Gasteiger partial charge in [0.1, 0.15) is 23.2 Å². The van der Waals surface area contributed by atoms with Crippen LogP contribution in [0.1, 0.15) is 22.9 Å². The first-order valence-corrected chi connectivity index (χ1v) is 17.6. The third-order valence-corrected chi connectivity index (χ3v) is 10.7. The van der Waals surface area contributed by atoms with Gasteiger partial charge in [-0.15, -0.1) is 11.3 Å². The van der Waals surface area contributed by atoms with E-state index in [1.54, 1.807) is 0 Å². The van der Waals surface area contributed by atoms with Gasteiger partial charge in [0, 0.05) is 58.8 Å². The fraction of sp³-hybridized carbons (Fsp3) is 0.0222. The van der Waals surface area contributed by atoms with Crippen LogP contribution in [-0.4, -0.2) is 11.7 Å². The first-order valence-electron chi connectivity index (χ1n) is 16.8. The van der Waals surface area contributed by atoms with Crippen molar-refractivity contribution in [1.29, 1.82) is 0 Å². The Morgan fingerprint density at radius 1 is 0.500 bits per heavy atom. The minimum Gasteiger partial charge on any atom is -0.455 e. The van der Waals surface area contributed by atoms with Crippen LogP contribution in [0.3, 0.4) is 0 Å². The average Bonchev–Trinajstić information content (AvgIpc) is 3.77. The first-order chi connectivity index (χ1) is 24.8. The molecule has 1 atom stereocenters. The topological polar surface area (TPSA) is 49.9 Å². The summed E-state index contributed by atoms with van der Waals surface area (Å²) < 4.78 is 9.67. The minimum atomic E-state index is -0.406. The number of para-hydroxylation sites is 1. The summed E-state index contributed by atoms with van der Waals surface area (Å²) in [4.78, 5) is 10.3. The monoisotopic (exact) mass is 659 g/mol. The number of nitrogens with one attached hydrogen (secondary N) is 1. The van der Waals surface area contributed by atoms with E-state index >= 15 is 0 Å². The second-order valence-corrected chi connectivity index (χ2v) is 13.6. The number of hydrogen-bond donors (Lipinski definition) is 1. The third kappa shape index (κ3) is 4.66. The molecule has 0 saturated heterocycles. The van der Waals surface area contributed by atoms with Crippen LogP contribution in [0.25, 0.3) is 64.4 Å². The molecule has 0 saturated carbocycles. The molecular formula is C45H29N3OS. The van der Waals surface area contributed by atoms with Gasteiger partial charge in [-0.2, -0.15) is 0 Å². The molecule has 0 fully saturated rings. The fourth-order valence-corrected chi connectivity index (χ4v) is 8.42. The number of furan rings is 1. The van der Waals surface area contributed by atoms with E-state index in [2.05, 4.69) is 133 Å². The van der Waals surface area contributed by atoms with Crippen LogP contribution in [0.2, 0.25) is 0 Å². The van der Waals surface area contributed by atoms with Gasteiger partial charge in [0.2, 0.25) is 0 Å². The Balaban J connectivity index is 1.22. The molecule has 5 heteroatoms. The summed E-state index contributed by atoms with van der Waals surface area (Å²) in [7, 11) is 0. The second-order valence-electron chi connectivity index (χ2n) is 12.5. The van der Waals surface area contributed by atoms with Gasteiger partial charge in [-0.25, -0.2) is 9.98 Å². The second kappa shape index (κ2) is 11.7. The molecule has 0 radical (unpaired) electrons. The number of rotatable bonds is 5. The Bertz CT molecular complexity index is 2780. The maximum absolute atomic E-state index is 7.11. The maximum atomic E-state index is 7.11. The fourth-order valence-electron chi connectivity index (χ4n) is 7.29. The number of aliphatic imine (C=N–C) groups is 2. The Hall–Kier alpha value is -6.30. The zero-order valence-electron chi connectivity index (χ0n) is 26.9. The largest absolute Gasteiger partial charge is 0.455 e. The van der Waals surface area contributed by atoms with Gasteiger partial charge in [0.25, 0.3) is 0 Å². The van der Waals surface area contributed by atoms with Gasteiger partial charge in [-0.3, -0.25) is 0 Å². The number of amidine groups is 2. The van der Waals surface area contributed by atoms with Crippen molar-refractivity contribution in [1.82, 2.24) is 5.32 Å². The van der Waals surface area contributed by atoms with E-state index < -0.39 is 6.17 Å². The molecule has 9 aromatic rings. The summed E-state index contributed by atoms with van der Waals surface area (Å²) in [5.41, 5.74) is 9.09. The van der Waals surface area contributed by atoms with Gasteiger partial charge in [0.05, 0.1) is 0 Å². The molecule has 1 N–H and O–H groups in total. The number of benzene rings is 7. The molecule has 1 unspecified atom stereocenters. The Labute approximate surface area is 292 Å². The summed E-state index contributed by atoms with van der Waals surface area (Å²) in [5.74, 6) is 1.47. The lowest BCUT2D eigenvalue weighted by atomic mass is 9.94. The molecule has 4 nitrogen and oxygen atoms in total. The van der Waals surface area contributed by atoms with Crippen LogP contribution in [0.4, 0.5) is 0 Å². The van der Waals surface area contributed by atoms with Gasteiger partial charge in [0.15, 0.2) is 5.84 Å². The molecule has 0 bridgehead atoms. The number of nitrogens with zero attached hydrogens (tertiary/aromatic N) is 2. The number of fused-ring (bicyclic) bond motifs is 6. The molecule has 1 aliphatic rings. The predicted octanol–water partition coefficient (Wildman–Crippen LogP) is 11.8. The van der Waals surface area contributed by atoms with Gasteiger partial charge in [-0.05, 0) is 23.3 Å². The van der Waals surface area contributed by atoms with Crippen molar-refractivity contribution in [2.75, 3.05) is 0 Å². The van der Waals surface area contributed by atoms with Crippen LogP contribution >= 0.6 is 11.3 Å². The highest BCUT2D eigenvalue weighted by molar-refractivity contribution is 7.25. The predicted molar refractivity (Wildman–Crippen MR) is 209 cm³/mol. The van der Waals surface area contributed by atoms with Crippen molar-refractivity contribution in [3.8, 4) is 22.3 Å². The smallest absolute Gasteiger partial charge is 0.159 e. The lowest BCUT2D eigenvalue weighted by Crippen LogP contribution is -2.33. The zero-order valence-corrected chi connectivity index (χ0v) is 27.7. The summed E-state index contributed by atoms with van der Waals surface area (Å²) in [5, 5.41) is 8.40. The van der Waals surface area contributed by atoms with Crippen molar-refractivity contribution in [2.24, 2.45) is 9.98 Å². The van der Waals surface area contributed by atoms with Gasteiger partial charge < -0.3 is 9.73 Å². The summed E-state index contributed by atoms with van der Waals surface area (Å²) in [6, 6.07) is 57.2. The highest BCUT2D eigenvalue weighted by atomic mass is 32.1. The Morgan fingerprint density at radius 3 is 1.92 bits per heavy atom. The third-order valence-electron chi connectivity index (χ3n) is 9.57. The lowest BCUT2D eigenvalue weighted by molar-refractivity contribution is 0.658. The summed E-state index contributed by atoms with van der Waals surface area (Å²) in [6.07, 6.45) is -0.406. The molecule has 10 rings (SSSR count). The Kier molecular flexibility index (Phi) is 6.71. The van der Waals surface area contributed by atoms with Gasteiger partial charge in [-0.1, -0.05) is 152 Å².